The fourth-order valence-corrected chi connectivity index (χ4v) is 2.53. The number of carbonyl (C=O) groups is 3. The van der Waals surface area contributed by atoms with Crippen LogP contribution < -0.4 is 21.5 Å². The first-order valence-corrected chi connectivity index (χ1v) is 9.18. The van der Waals surface area contributed by atoms with Crippen LogP contribution in [0.2, 0.25) is 5.02 Å². The van der Waals surface area contributed by atoms with Gasteiger partial charge in [-0.2, -0.15) is 0 Å². The van der Waals surface area contributed by atoms with E-state index in [-0.39, 0.29) is 18.2 Å². The lowest BCUT2D eigenvalue weighted by Gasteiger charge is -2.22. The minimum atomic E-state index is -0.820. The van der Waals surface area contributed by atoms with Crippen LogP contribution in [-0.2, 0) is 16.0 Å². The van der Waals surface area contributed by atoms with Crippen molar-refractivity contribution in [3.8, 4) is 0 Å². The van der Waals surface area contributed by atoms with E-state index in [1.54, 1.807) is 62.4 Å². The molecule has 2 aromatic carbocycles. The van der Waals surface area contributed by atoms with Gasteiger partial charge in [-0.3, -0.25) is 20.4 Å². The first-order valence-electron chi connectivity index (χ1n) is 8.81. The van der Waals surface area contributed by atoms with Crippen molar-refractivity contribution in [1.29, 1.82) is 0 Å². The van der Waals surface area contributed by atoms with Crippen LogP contribution in [0.4, 0.5) is 10.5 Å². The predicted molar refractivity (Wildman–Crippen MR) is 109 cm³/mol. The number of halogens is 1. The van der Waals surface area contributed by atoms with Gasteiger partial charge in [-0.1, -0.05) is 55.8 Å². The smallest absolute Gasteiger partial charge is 0.319 e. The van der Waals surface area contributed by atoms with Crippen LogP contribution in [0.5, 0.6) is 0 Å². The van der Waals surface area contributed by atoms with Crippen molar-refractivity contribution in [3.63, 3.8) is 0 Å². The molecule has 28 heavy (non-hydrogen) atoms. The van der Waals surface area contributed by atoms with E-state index in [2.05, 4.69) is 21.5 Å². The first kappa shape index (κ1) is 21.2. The third-order valence-electron chi connectivity index (χ3n) is 3.87. The van der Waals surface area contributed by atoms with Gasteiger partial charge in [-0.25, -0.2) is 4.79 Å². The predicted octanol–water partition coefficient (Wildman–Crippen LogP) is 2.88. The number of hydrogen-bond acceptors (Lipinski definition) is 3. The molecule has 148 valence electrons. The second-order valence-corrected chi connectivity index (χ2v) is 6.96. The summed E-state index contributed by atoms with van der Waals surface area (Å²) in [5.41, 5.74) is 6.09. The topological polar surface area (TPSA) is 99.3 Å². The molecule has 0 aliphatic rings. The largest absolute Gasteiger partial charge is 0.326 e. The maximum atomic E-state index is 12.4. The van der Waals surface area contributed by atoms with E-state index in [0.717, 1.165) is 5.56 Å². The van der Waals surface area contributed by atoms with Crippen molar-refractivity contribution in [2.24, 2.45) is 5.92 Å². The van der Waals surface area contributed by atoms with Crippen LogP contribution in [-0.4, -0.2) is 23.9 Å². The third kappa shape index (κ3) is 6.92. The van der Waals surface area contributed by atoms with Crippen molar-refractivity contribution in [2.75, 3.05) is 5.32 Å². The van der Waals surface area contributed by atoms with Gasteiger partial charge < -0.3 is 10.6 Å². The van der Waals surface area contributed by atoms with Crippen LogP contribution in [0.25, 0.3) is 0 Å². The van der Waals surface area contributed by atoms with Gasteiger partial charge in [0.15, 0.2) is 0 Å². The summed E-state index contributed by atoms with van der Waals surface area (Å²) >= 11 is 5.81. The Labute approximate surface area is 168 Å². The highest BCUT2D eigenvalue weighted by Crippen LogP contribution is 2.10. The van der Waals surface area contributed by atoms with Crippen LogP contribution in [0.1, 0.15) is 19.4 Å². The van der Waals surface area contributed by atoms with Crippen LogP contribution in [0.15, 0.2) is 54.6 Å². The Bertz CT molecular complexity index is 810. The van der Waals surface area contributed by atoms with Crippen molar-refractivity contribution < 1.29 is 14.4 Å². The third-order valence-corrected chi connectivity index (χ3v) is 4.12. The molecule has 0 aliphatic heterocycles. The highest BCUT2D eigenvalue weighted by molar-refractivity contribution is 6.30. The number of rotatable bonds is 6. The van der Waals surface area contributed by atoms with Gasteiger partial charge in [0.1, 0.15) is 6.04 Å². The van der Waals surface area contributed by atoms with Gasteiger partial charge in [0.25, 0.3) is 5.91 Å². The van der Waals surface area contributed by atoms with E-state index in [0.29, 0.717) is 10.7 Å². The van der Waals surface area contributed by atoms with Crippen molar-refractivity contribution in [3.05, 3.63) is 65.2 Å². The second kappa shape index (κ2) is 10.3. The number of carbonyl (C=O) groups excluding carboxylic acids is 3. The van der Waals surface area contributed by atoms with E-state index >= 15 is 0 Å². The Hall–Kier alpha value is -3.06. The summed E-state index contributed by atoms with van der Waals surface area (Å²) < 4.78 is 0. The molecule has 0 saturated carbocycles. The Morgan fingerprint density at radius 2 is 1.57 bits per heavy atom. The molecular formula is C20H23ClN4O3. The number of para-hydroxylation sites is 1. The van der Waals surface area contributed by atoms with Gasteiger partial charge in [0.05, 0.1) is 6.42 Å². The molecule has 0 radical (unpaired) electrons. The molecule has 8 heteroatoms. The zero-order valence-electron chi connectivity index (χ0n) is 15.7. The molecule has 0 fully saturated rings. The maximum absolute atomic E-state index is 12.4. The molecule has 2 aromatic rings. The van der Waals surface area contributed by atoms with Crippen molar-refractivity contribution in [1.82, 2.24) is 16.2 Å². The monoisotopic (exact) mass is 402 g/mol. The standard InChI is InChI=1S/C20H23ClN4O3/c1-13(2)18(23-20(28)22-16-6-4-3-5-7-16)19(27)25-24-17(26)12-14-8-10-15(21)11-9-14/h3-11,13,18H,12H2,1-2H3,(H,24,26)(H,25,27)(H2,22,23,28). The van der Waals surface area contributed by atoms with Gasteiger partial charge in [0.2, 0.25) is 5.91 Å². The van der Waals surface area contributed by atoms with Crippen molar-refractivity contribution >= 4 is 35.1 Å². The SMILES string of the molecule is CC(C)C(NC(=O)Nc1ccccc1)C(=O)NNC(=O)Cc1ccc(Cl)cc1. The van der Waals surface area contributed by atoms with Crippen LogP contribution in [0.3, 0.4) is 0 Å². The Balaban J connectivity index is 1.85. The second-order valence-electron chi connectivity index (χ2n) is 6.53. The fraction of sp³-hybridized carbons (Fsp3) is 0.250. The molecule has 1 atom stereocenters. The Morgan fingerprint density at radius 1 is 0.929 bits per heavy atom. The molecule has 0 saturated heterocycles. The molecule has 0 aromatic heterocycles. The number of hydrazine groups is 1. The van der Waals surface area contributed by atoms with E-state index in [9.17, 15) is 14.4 Å². The number of hydrogen-bond donors (Lipinski definition) is 4. The van der Waals surface area contributed by atoms with Gasteiger partial charge in [0, 0.05) is 10.7 Å². The van der Waals surface area contributed by atoms with Crippen LogP contribution in [0, 0.1) is 5.92 Å². The molecule has 0 heterocycles. The summed E-state index contributed by atoms with van der Waals surface area (Å²) in [6.07, 6.45) is 0.0890. The summed E-state index contributed by atoms with van der Waals surface area (Å²) in [5, 5.41) is 5.85. The highest BCUT2D eigenvalue weighted by Gasteiger charge is 2.24. The maximum Gasteiger partial charge on any atom is 0.319 e. The summed E-state index contributed by atoms with van der Waals surface area (Å²) in [6.45, 7) is 3.59. The number of amides is 4. The lowest BCUT2D eigenvalue weighted by molar-refractivity contribution is -0.130. The number of urea groups is 1. The van der Waals surface area contributed by atoms with Gasteiger partial charge in [-0.05, 0) is 35.7 Å². The average Bonchev–Trinajstić information content (AvgIpc) is 2.66. The molecule has 1 unspecified atom stereocenters. The van der Waals surface area contributed by atoms with Crippen LogP contribution >= 0.6 is 11.6 Å². The molecule has 0 spiro atoms. The molecular weight excluding hydrogens is 380 g/mol. The Kier molecular flexibility index (Phi) is 7.83. The van der Waals surface area contributed by atoms with Gasteiger partial charge >= 0.3 is 6.03 Å². The summed E-state index contributed by atoms with van der Waals surface area (Å²) in [5.74, 6) is -1.08. The number of benzene rings is 2. The molecule has 2 rings (SSSR count). The zero-order valence-corrected chi connectivity index (χ0v) is 16.4. The minimum Gasteiger partial charge on any atom is -0.326 e. The van der Waals surface area contributed by atoms with Gasteiger partial charge in [-0.15, -0.1) is 0 Å². The molecule has 0 aliphatic carbocycles. The number of anilines is 1. The van der Waals surface area contributed by atoms with E-state index in [1.807, 2.05) is 6.07 Å². The van der Waals surface area contributed by atoms with Crippen molar-refractivity contribution in [2.45, 2.75) is 26.3 Å². The zero-order chi connectivity index (χ0) is 20.5. The lowest BCUT2D eigenvalue weighted by Crippen LogP contribution is -2.55. The normalized spacial score (nSPS) is 11.4. The summed E-state index contributed by atoms with van der Waals surface area (Å²) in [4.78, 5) is 36.5. The molecule has 4 N–H and O–H groups in total. The van der Waals surface area contributed by atoms with E-state index in [4.69, 9.17) is 11.6 Å². The van der Waals surface area contributed by atoms with E-state index in [1.165, 1.54) is 0 Å². The number of nitrogens with one attached hydrogen (secondary N) is 4. The fourth-order valence-electron chi connectivity index (χ4n) is 2.41. The Morgan fingerprint density at radius 3 is 2.18 bits per heavy atom. The summed E-state index contributed by atoms with van der Waals surface area (Å²) in [6, 6.07) is 14.4. The average molecular weight is 403 g/mol. The molecule has 4 amide bonds. The van der Waals surface area contributed by atoms with E-state index < -0.39 is 18.0 Å². The minimum absolute atomic E-state index is 0.0890. The molecule has 0 bridgehead atoms. The molecule has 7 nitrogen and oxygen atoms in total. The summed E-state index contributed by atoms with van der Waals surface area (Å²) in [7, 11) is 0. The first-order chi connectivity index (χ1) is 13.3. The highest BCUT2D eigenvalue weighted by atomic mass is 35.5. The quantitative estimate of drug-likeness (QED) is 0.559. The lowest BCUT2D eigenvalue weighted by atomic mass is 10.0.